The highest BCUT2D eigenvalue weighted by atomic mass is 32.1. The van der Waals surface area contributed by atoms with E-state index in [2.05, 4.69) is 218 Å². The third kappa shape index (κ3) is 8.10. The highest BCUT2D eigenvalue weighted by Crippen LogP contribution is 2.40. The number of rotatable bonds is 9. The van der Waals surface area contributed by atoms with Gasteiger partial charge in [-0.2, -0.15) is 0 Å². The van der Waals surface area contributed by atoms with E-state index in [-0.39, 0.29) is 0 Å². The summed E-state index contributed by atoms with van der Waals surface area (Å²) >= 11 is 1.82. The normalized spacial score (nSPS) is 11.3. The zero-order valence-corrected chi connectivity index (χ0v) is 37.1. The Bertz CT molecular complexity index is 3510. The van der Waals surface area contributed by atoms with Gasteiger partial charge in [-0.05, 0) is 81.9 Å². The van der Waals surface area contributed by atoms with Crippen LogP contribution < -0.4 is 0 Å². The number of hydrogen-bond acceptors (Lipinski definition) is 5. The second kappa shape index (κ2) is 17.4. The van der Waals surface area contributed by atoms with Gasteiger partial charge in [0.15, 0.2) is 11.6 Å². The number of fused-ring (bicyclic) bond motifs is 3. The van der Waals surface area contributed by atoms with Crippen molar-refractivity contribution in [1.29, 1.82) is 0 Å². The SMILES string of the molecule is c1ccc(-c2ccc(-c3cc(-c4ccccc4)nc(-c4cc(-c5ccc6sc7ccccc7c6c5)cc(-c5nc(-c6ccccc6)cc(-c6ccc(-c7ccccc7)cc6)n5)c4)n3)cc2)cc1. The monoisotopic (exact) mass is 872 g/mol. The number of benzene rings is 9. The fourth-order valence-electron chi connectivity index (χ4n) is 8.85. The van der Waals surface area contributed by atoms with Crippen LogP contribution in [0.1, 0.15) is 0 Å². The van der Waals surface area contributed by atoms with Gasteiger partial charge >= 0.3 is 0 Å². The minimum absolute atomic E-state index is 0.615. The summed E-state index contributed by atoms with van der Waals surface area (Å²) in [6.07, 6.45) is 0. The van der Waals surface area contributed by atoms with Gasteiger partial charge in [-0.25, -0.2) is 19.9 Å². The van der Waals surface area contributed by atoms with Crippen molar-refractivity contribution in [3.63, 3.8) is 0 Å². The fraction of sp³-hybridized carbons (Fsp3) is 0. The topological polar surface area (TPSA) is 51.6 Å². The Morgan fingerprint density at radius 2 is 0.537 bits per heavy atom. The van der Waals surface area contributed by atoms with E-state index in [1.807, 2.05) is 35.6 Å². The van der Waals surface area contributed by atoms with E-state index in [1.54, 1.807) is 0 Å². The Hall–Kier alpha value is -8.64. The van der Waals surface area contributed by atoms with Gasteiger partial charge in [-0.1, -0.05) is 194 Å². The summed E-state index contributed by atoms with van der Waals surface area (Å²) in [7, 11) is 0. The fourth-order valence-corrected chi connectivity index (χ4v) is 9.93. The zero-order chi connectivity index (χ0) is 44.5. The Labute approximate surface area is 393 Å². The molecule has 0 aliphatic heterocycles. The molecule has 0 fully saturated rings. The van der Waals surface area contributed by atoms with Crippen molar-refractivity contribution >= 4 is 31.5 Å². The average molecular weight is 873 g/mol. The van der Waals surface area contributed by atoms with Crippen molar-refractivity contribution in [3.8, 4) is 101 Å². The number of nitrogens with zero attached hydrogens (tertiary/aromatic N) is 4. The largest absolute Gasteiger partial charge is 0.228 e. The molecule has 0 N–H and O–H groups in total. The van der Waals surface area contributed by atoms with Crippen LogP contribution in [0.25, 0.3) is 121 Å². The molecule has 12 aromatic rings. The second-order valence-electron chi connectivity index (χ2n) is 16.7. The second-order valence-corrected chi connectivity index (χ2v) is 17.7. The Balaban J connectivity index is 1.06. The van der Waals surface area contributed by atoms with Gasteiger partial charge in [0.25, 0.3) is 0 Å². The zero-order valence-electron chi connectivity index (χ0n) is 36.3. The van der Waals surface area contributed by atoms with Crippen molar-refractivity contribution in [2.45, 2.75) is 0 Å². The molecule has 0 atom stereocenters. The number of hydrogen-bond donors (Lipinski definition) is 0. The maximum absolute atomic E-state index is 5.37. The van der Waals surface area contributed by atoms with E-state index in [9.17, 15) is 0 Å². The molecule has 12 rings (SSSR count). The molecule has 0 aliphatic carbocycles. The minimum atomic E-state index is 0.615. The highest BCUT2D eigenvalue weighted by molar-refractivity contribution is 7.25. The lowest BCUT2D eigenvalue weighted by Gasteiger charge is -2.14. The van der Waals surface area contributed by atoms with E-state index < -0.39 is 0 Å². The van der Waals surface area contributed by atoms with Gasteiger partial charge in [0.1, 0.15) is 0 Å². The first kappa shape index (κ1) is 39.9. The smallest absolute Gasteiger partial charge is 0.160 e. The summed E-state index contributed by atoms with van der Waals surface area (Å²) in [5.41, 5.74) is 15.9. The van der Waals surface area contributed by atoms with Crippen LogP contribution in [0.3, 0.4) is 0 Å². The molecule has 67 heavy (non-hydrogen) atoms. The molecule has 0 bridgehead atoms. The third-order valence-corrected chi connectivity index (χ3v) is 13.5. The van der Waals surface area contributed by atoms with E-state index in [4.69, 9.17) is 19.9 Å². The summed E-state index contributed by atoms with van der Waals surface area (Å²) in [6, 6.07) is 85.1. The van der Waals surface area contributed by atoms with E-state index in [0.717, 1.165) is 78.4 Å². The molecule has 314 valence electrons. The third-order valence-electron chi connectivity index (χ3n) is 12.3. The number of aromatic nitrogens is 4. The van der Waals surface area contributed by atoms with Crippen molar-refractivity contribution in [3.05, 3.63) is 243 Å². The predicted octanol–water partition coefficient (Wildman–Crippen LogP) is 16.6. The molecule has 4 nitrogen and oxygen atoms in total. The van der Waals surface area contributed by atoms with Crippen molar-refractivity contribution in [1.82, 2.24) is 19.9 Å². The molecule has 0 saturated heterocycles. The van der Waals surface area contributed by atoms with Gasteiger partial charge in [0.2, 0.25) is 0 Å². The van der Waals surface area contributed by atoms with Gasteiger partial charge in [-0.3, -0.25) is 0 Å². The summed E-state index contributed by atoms with van der Waals surface area (Å²) < 4.78 is 2.53. The predicted molar refractivity (Wildman–Crippen MR) is 279 cm³/mol. The van der Waals surface area contributed by atoms with Crippen LogP contribution in [0.4, 0.5) is 0 Å². The molecule has 0 saturated carbocycles. The first-order chi connectivity index (χ1) is 33.1. The summed E-state index contributed by atoms with van der Waals surface area (Å²) in [5.74, 6) is 1.23. The summed E-state index contributed by atoms with van der Waals surface area (Å²) in [5, 5.41) is 2.49. The molecule has 0 unspecified atom stereocenters. The molecule has 3 aromatic heterocycles. The van der Waals surface area contributed by atoms with Crippen LogP contribution >= 0.6 is 11.3 Å². The van der Waals surface area contributed by atoms with E-state index in [0.29, 0.717) is 11.6 Å². The molecule has 0 aliphatic rings. The van der Waals surface area contributed by atoms with Crippen LogP contribution in [-0.4, -0.2) is 19.9 Å². The van der Waals surface area contributed by atoms with Crippen LogP contribution in [-0.2, 0) is 0 Å². The van der Waals surface area contributed by atoms with E-state index >= 15 is 0 Å². The lowest BCUT2D eigenvalue weighted by molar-refractivity contribution is 1.17. The number of thiophene rings is 1. The molecule has 3 heterocycles. The molecule has 5 heteroatoms. The molecule has 9 aromatic carbocycles. The van der Waals surface area contributed by atoms with Crippen LogP contribution in [0.15, 0.2) is 243 Å². The van der Waals surface area contributed by atoms with Gasteiger partial charge in [0, 0.05) is 53.6 Å². The molecule has 0 radical (unpaired) electrons. The average Bonchev–Trinajstić information content (AvgIpc) is 3.80. The first-order valence-corrected chi connectivity index (χ1v) is 23.3. The van der Waals surface area contributed by atoms with Crippen LogP contribution in [0, 0.1) is 0 Å². The summed E-state index contributed by atoms with van der Waals surface area (Å²) in [6.45, 7) is 0. The summed E-state index contributed by atoms with van der Waals surface area (Å²) in [4.78, 5) is 21.4. The van der Waals surface area contributed by atoms with Crippen molar-refractivity contribution in [2.24, 2.45) is 0 Å². The molecular formula is C62H40N4S. The van der Waals surface area contributed by atoms with Crippen LogP contribution in [0.2, 0.25) is 0 Å². The Morgan fingerprint density at radius 3 is 1.00 bits per heavy atom. The van der Waals surface area contributed by atoms with Gasteiger partial charge in [-0.15, -0.1) is 11.3 Å². The lowest BCUT2D eigenvalue weighted by Crippen LogP contribution is -1.99. The quantitative estimate of drug-likeness (QED) is 0.145. The maximum Gasteiger partial charge on any atom is 0.160 e. The van der Waals surface area contributed by atoms with Gasteiger partial charge in [0.05, 0.1) is 22.8 Å². The molecule has 0 amide bonds. The van der Waals surface area contributed by atoms with E-state index in [1.165, 1.54) is 31.3 Å². The van der Waals surface area contributed by atoms with Crippen LogP contribution in [0.5, 0.6) is 0 Å². The first-order valence-electron chi connectivity index (χ1n) is 22.4. The van der Waals surface area contributed by atoms with Crippen molar-refractivity contribution in [2.75, 3.05) is 0 Å². The Kier molecular flexibility index (Phi) is 10.4. The maximum atomic E-state index is 5.37. The lowest BCUT2D eigenvalue weighted by atomic mass is 9.96. The Morgan fingerprint density at radius 1 is 0.209 bits per heavy atom. The standard InChI is InChI=1S/C62H40N4S/c1-5-15-41(16-6-1)43-25-29-47(30-26-43)57-39-55(45-19-9-3-10-20-45)63-61(65-57)51-35-50(49-33-34-60-54(38-49)53-23-13-14-24-59(53)67-60)36-52(37-51)62-64-56(46-21-11-4-12-22-46)40-58(66-62)48-31-27-44(28-32-48)42-17-7-2-8-18-42/h1-40H. The molecule has 0 spiro atoms. The minimum Gasteiger partial charge on any atom is -0.228 e. The van der Waals surface area contributed by atoms with Crippen molar-refractivity contribution < 1.29 is 0 Å². The van der Waals surface area contributed by atoms with Gasteiger partial charge < -0.3 is 0 Å². The molecular weight excluding hydrogens is 833 g/mol. The highest BCUT2D eigenvalue weighted by Gasteiger charge is 2.18.